The van der Waals surface area contributed by atoms with Crippen LogP contribution in [-0.2, 0) is 6.54 Å². The van der Waals surface area contributed by atoms with Crippen molar-refractivity contribution in [3.63, 3.8) is 0 Å². The molecule has 1 N–H and O–H groups in total. The van der Waals surface area contributed by atoms with Gasteiger partial charge < -0.3 is 14.7 Å². The maximum absolute atomic E-state index is 12.3. The van der Waals surface area contributed by atoms with E-state index in [-0.39, 0.29) is 5.91 Å². The van der Waals surface area contributed by atoms with Crippen LogP contribution in [0.15, 0.2) is 34.9 Å². The summed E-state index contributed by atoms with van der Waals surface area (Å²) in [6.07, 6.45) is 2.21. The number of hydrogen-bond acceptors (Lipinski definition) is 4. The van der Waals surface area contributed by atoms with E-state index in [1.165, 1.54) is 0 Å². The smallest absolute Gasteiger partial charge is 0.253 e. The Bertz CT molecular complexity index is 630. The molecule has 1 amide bonds. The van der Waals surface area contributed by atoms with E-state index in [2.05, 4.69) is 10.5 Å². The largest absolute Gasteiger partial charge is 0.379 e. The molecule has 1 aliphatic rings. The Hall–Kier alpha value is -2.30. The van der Waals surface area contributed by atoms with Crippen LogP contribution in [0, 0.1) is 6.92 Å². The van der Waals surface area contributed by atoms with Crippen LogP contribution in [0.3, 0.4) is 0 Å². The van der Waals surface area contributed by atoms with Crippen molar-refractivity contribution >= 4 is 11.6 Å². The van der Waals surface area contributed by atoms with E-state index >= 15 is 0 Å². The lowest BCUT2D eigenvalue weighted by Gasteiger charge is -2.15. The SMILES string of the molecule is Cc1cc(CNc2cccc(C(=O)N3CCCC3)c2)no1. The van der Waals surface area contributed by atoms with Crippen LogP contribution >= 0.6 is 0 Å². The molecule has 2 heterocycles. The first-order chi connectivity index (χ1) is 10.2. The molecule has 2 aromatic rings. The minimum Gasteiger partial charge on any atom is -0.379 e. The van der Waals surface area contributed by atoms with Gasteiger partial charge in [0.1, 0.15) is 11.5 Å². The van der Waals surface area contributed by atoms with Gasteiger partial charge in [0.2, 0.25) is 0 Å². The second kappa shape index (κ2) is 5.99. The number of carbonyl (C=O) groups excluding carboxylic acids is 1. The number of carbonyl (C=O) groups is 1. The van der Waals surface area contributed by atoms with E-state index in [4.69, 9.17) is 4.52 Å². The molecule has 1 aromatic heterocycles. The van der Waals surface area contributed by atoms with Gasteiger partial charge in [-0.2, -0.15) is 0 Å². The third kappa shape index (κ3) is 3.24. The maximum Gasteiger partial charge on any atom is 0.253 e. The molecule has 0 spiro atoms. The molecule has 21 heavy (non-hydrogen) atoms. The van der Waals surface area contributed by atoms with Gasteiger partial charge in [-0.3, -0.25) is 4.79 Å². The van der Waals surface area contributed by atoms with E-state index < -0.39 is 0 Å². The molecule has 5 heteroatoms. The number of amides is 1. The van der Waals surface area contributed by atoms with E-state index in [1.54, 1.807) is 0 Å². The second-order valence-corrected chi connectivity index (χ2v) is 5.36. The summed E-state index contributed by atoms with van der Waals surface area (Å²) >= 11 is 0. The van der Waals surface area contributed by atoms with Gasteiger partial charge >= 0.3 is 0 Å². The first kappa shape index (κ1) is 13.7. The summed E-state index contributed by atoms with van der Waals surface area (Å²) in [4.78, 5) is 14.3. The first-order valence-corrected chi connectivity index (χ1v) is 7.28. The van der Waals surface area contributed by atoms with Crippen molar-refractivity contribution < 1.29 is 9.32 Å². The normalized spacial score (nSPS) is 14.4. The summed E-state index contributed by atoms with van der Waals surface area (Å²) in [5, 5.41) is 7.21. The van der Waals surface area contributed by atoms with E-state index in [0.717, 1.165) is 48.6 Å². The monoisotopic (exact) mass is 285 g/mol. The van der Waals surface area contributed by atoms with Gasteiger partial charge in [0.05, 0.1) is 6.54 Å². The summed E-state index contributed by atoms with van der Waals surface area (Å²) in [6, 6.07) is 9.51. The Morgan fingerprint density at radius 1 is 1.33 bits per heavy atom. The molecule has 0 radical (unpaired) electrons. The summed E-state index contributed by atoms with van der Waals surface area (Å²) in [7, 11) is 0. The molecule has 0 aliphatic carbocycles. The molecular weight excluding hydrogens is 266 g/mol. The Morgan fingerprint density at radius 3 is 2.86 bits per heavy atom. The fraction of sp³-hybridized carbons (Fsp3) is 0.375. The lowest BCUT2D eigenvalue weighted by molar-refractivity contribution is 0.0793. The molecule has 0 saturated carbocycles. The standard InChI is InChI=1S/C16H19N3O2/c1-12-9-15(18-21-12)11-17-14-6-4-5-13(10-14)16(20)19-7-2-3-8-19/h4-6,9-10,17H,2-3,7-8,11H2,1H3. The van der Waals surface area contributed by atoms with E-state index in [0.29, 0.717) is 6.54 Å². The maximum atomic E-state index is 12.3. The first-order valence-electron chi connectivity index (χ1n) is 7.28. The van der Waals surface area contributed by atoms with Crippen molar-refractivity contribution in [1.82, 2.24) is 10.1 Å². The van der Waals surface area contributed by atoms with Gasteiger partial charge in [0.25, 0.3) is 5.91 Å². The number of nitrogens with one attached hydrogen (secondary N) is 1. The predicted molar refractivity (Wildman–Crippen MR) is 80.1 cm³/mol. The number of anilines is 1. The second-order valence-electron chi connectivity index (χ2n) is 5.36. The Kier molecular flexibility index (Phi) is 3.90. The minimum absolute atomic E-state index is 0.119. The van der Waals surface area contributed by atoms with Crippen LogP contribution in [0.25, 0.3) is 0 Å². The molecule has 1 saturated heterocycles. The lowest BCUT2D eigenvalue weighted by atomic mass is 10.1. The molecule has 0 bridgehead atoms. The van der Waals surface area contributed by atoms with Crippen molar-refractivity contribution in [3.05, 3.63) is 47.3 Å². The van der Waals surface area contributed by atoms with Crippen LogP contribution in [0.2, 0.25) is 0 Å². The predicted octanol–water partition coefficient (Wildman–Crippen LogP) is 2.83. The quantitative estimate of drug-likeness (QED) is 0.938. The van der Waals surface area contributed by atoms with Crippen molar-refractivity contribution in [2.24, 2.45) is 0 Å². The van der Waals surface area contributed by atoms with Crippen molar-refractivity contribution in [1.29, 1.82) is 0 Å². The third-order valence-electron chi connectivity index (χ3n) is 3.65. The zero-order valence-electron chi connectivity index (χ0n) is 12.1. The Morgan fingerprint density at radius 2 is 2.14 bits per heavy atom. The molecule has 1 fully saturated rings. The lowest BCUT2D eigenvalue weighted by Crippen LogP contribution is -2.27. The van der Waals surface area contributed by atoms with Crippen LogP contribution < -0.4 is 5.32 Å². The van der Waals surface area contributed by atoms with Gasteiger partial charge in [0.15, 0.2) is 0 Å². The van der Waals surface area contributed by atoms with Crippen LogP contribution in [-0.4, -0.2) is 29.1 Å². The molecule has 5 nitrogen and oxygen atoms in total. The summed E-state index contributed by atoms with van der Waals surface area (Å²) in [5.74, 6) is 0.915. The van der Waals surface area contributed by atoms with Gasteiger partial charge in [0, 0.05) is 30.4 Å². The zero-order valence-corrected chi connectivity index (χ0v) is 12.1. The highest BCUT2D eigenvalue weighted by Crippen LogP contribution is 2.17. The number of aromatic nitrogens is 1. The number of likely N-dealkylation sites (tertiary alicyclic amines) is 1. The summed E-state index contributed by atoms with van der Waals surface area (Å²) in [5.41, 5.74) is 2.50. The molecule has 0 atom stereocenters. The minimum atomic E-state index is 0.119. The van der Waals surface area contributed by atoms with Crippen molar-refractivity contribution in [2.45, 2.75) is 26.3 Å². The van der Waals surface area contributed by atoms with Crippen LogP contribution in [0.5, 0.6) is 0 Å². The van der Waals surface area contributed by atoms with Crippen LogP contribution in [0.4, 0.5) is 5.69 Å². The van der Waals surface area contributed by atoms with Crippen LogP contribution in [0.1, 0.15) is 34.7 Å². The van der Waals surface area contributed by atoms with Crippen molar-refractivity contribution in [3.8, 4) is 0 Å². The van der Waals surface area contributed by atoms with Crippen molar-refractivity contribution in [2.75, 3.05) is 18.4 Å². The Labute approximate surface area is 123 Å². The number of hydrogen-bond donors (Lipinski definition) is 1. The molecule has 0 unspecified atom stereocenters. The number of aryl methyl sites for hydroxylation is 1. The van der Waals surface area contributed by atoms with Gasteiger partial charge in [-0.1, -0.05) is 11.2 Å². The van der Waals surface area contributed by atoms with E-state index in [1.807, 2.05) is 42.2 Å². The number of nitrogens with zero attached hydrogens (tertiary/aromatic N) is 2. The molecule has 3 rings (SSSR count). The average Bonchev–Trinajstić information content (AvgIpc) is 3.16. The highest BCUT2D eigenvalue weighted by Gasteiger charge is 2.19. The zero-order chi connectivity index (χ0) is 14.7. The highest BCUT2D eigenvalue weighted by molar-refractivity contribution is 5.95. The highest BCUT2D eigenvalue weighted by atomic mass is 16.5. The fourth-order valence-corrected chi connectivity index (χ4v) is 2.56. The van der Waals surface area contributed by atoms with Gasteiger partial charge in [-0.25, -0.2) is 0 Å². The molecule has 1 aliphatic heterocycles. The summed E-state index contributed by atoms with van der Waals surface area (Å²) < 4.78 is 5.03. The van der Waals surface area contributed by atoms with Gasteiger partial charge in [-0.15, -0.1) is 0 Å². The fourth-order valence-electron chi connectivity index (χ4n) is 2.56. The molecular formula is C16H19N3O2. The number of benzene rings is 1. The third-order valence-corrected chi connectivity index (χ3v) is 3.65. The number of rotatable bonds is 4. The van der Waals surface area contributed by atoms with E-state index in [9.17, 15) is 4.79 Å². The summed E-state index contributed by atoms with van der Waals surface area (Å²) in [6.45, 7) is 4.19. The molecule has 110 valence electrons. The Balaban J connectivity index is 1.66. The average molecular weight is 285 g/mol. The van der Waals surface area contributed by atoms with Gasteiger partial charge in [-0.05, 0) is 38.0 Å². The molecule has 1 aromatic carbocycles. The topological polar surface area (TPSA) is 58.4 Å².